The molecule has 5 heteroatoms. The summed E-state index contributed by atoms with van der Waals surface area (Å²) in [7, 11) is 0. The van der Waals surface area contributed by atoms with E-state index in [4.69, 9.17) is 4.74 Å². The van der Waals surface area contributed by atoms with Crippen LogP contribution in [0.15, 0.2) is 0 Å². The highest BCUT2D eigenvalue weighted by molar-refractivity contribution is 5.79. The van der Waals surface area contributed by atoms with Gasteiger partial charge in [-0.1, -0.05) is 6.42 Å². The van der Waals surface area contributed by atoms with Gasteiger partial charge >= 0.3 is 5.97 Å². The molecule has 1 aliphatic carbocycles. The van der Waals surface area contributed by atoms with Crippen molar-refractivity contribution in [2.24, 2.45) is 11.3 Å². The Bertz CT molecular complexity index is 284. The van der Waals surface area contributed by atoms with Crippen molar-refractivity contribution in [1.82, 2.24) is 5.32 Å². The molecular formula is C11H17F2NO2. The molecule has 2 bridgehead atoms. The van der Waals surface area contributed by atoms with E-state index in [-0.39, 0.29) is 19.6 Å². The highest BCUT2D eigenvalue weighted by atomic mass is 19.3. The summed E-state index contributed by atoms with van der Waals surface area (Å²) in [4.78, 5) is 11.8. The van der Waals surface area contributed by atoms with Crippen molar-refractivity contribution in [1.29, 1.82) is 0 Å². The van der Waals surface area contributed by atoms with Crippen LogP contribution < -0.4 is 5.32 Å². The maximum Gasteiger partial charge on any atom is 0.319 e. The molecule has 2 aliphatic rings. The van der Waals surface area contributed by atoms with E-state index in [2.05, 4.69) is 5.32 Å². The largest absolute Gasteiger partial charge is 0.465 e. The smallest absolute Gasteiger partial charge is 0.319 e. The fraction of sp³-hybridized carbons (Fsp3) is 0.909. The van der Waals surface area contributed by atoms with Crippen LogP contribution in [0.25, 0.3) is 0 Å². The van der Waals surface area contributed by atoms with Gasteiger partial charge in [0.15, 0.2) is 0 Å². The average molecular weight is 233 g/mol. The van der Waals surface area contributed by atoms with Gasteiger partial charge in [0.25, 0.3) is 5.92 Å². The Labute approximate surface area is 93.5 Å². The molecule has 1 aliphatic heterocycles. The standard InChI is InChI=1S/C11H17F2NO2/c1-2-16-9(15)10-5-3-4-8(6-14-7-10)11(10,12)13/h8,14H,2-7H2,1H3. The SMILES string of the molecule is CCOC(=O)C12CCCC(CNC1)C2(F)F. The summed E-state index contributed by atoms with van der Waals surface area (Å²) in [6, 6.07) is 0. The summed E-state index contributed by atoms with van der Waals surface area (Å²) in [5, 5.41) is 2.94. The highest BCUT2D eigenvalue weighted by Gasteiger charge is 2.66. The maximum absolute atomic E-state index is 14.2. The normalized spacial score (nSPS) is 36.8. The molecule has 0 aromatic rings. The number of piperidine rings is 1. The third-order valence-corrected chi connectivity index (χ3v) is 3.79. The first-order valence-corrected chi connectivity index (χ1v) is 5.80. The summed E-state index contributed by atoms with van der Waals surface area (Å²) in [5.74, 6) is -4.39. The number of halogens is 2. The summed E-state index contributed by atoms with van der Waals surface area (Å²) >= 11 is 0. The van der Waals surface area contributed by atoms with Gasteiger partial charge in [-0.3, -0.25) is 4.79 Å². The van der Waals surface area contributed by atoms with E-state index in [0.29, 0.717) is 19.4 Å². The third kappa shape index (κ3) is 1.44. The Hall–Kier alpha value is -0.710. The van der Waals surface area contributed by atoms with Crippen molar-refractivity contribution in [2.45, 2.75) is 32.1 Å². The summed E-state index contributed by atoms with van der Waals surface area (Å²) in [5.41, 5.74) is -1.62. The maximum atomic E-state index is 14.2. The number of carbonyl (C=O) groups excluding carboxylic acids is 1. The van der Waals surface area contributed by atoms with Crippen LogP contribution in [0.5, 0.6) is 0 Å². The molecule has 2 rings (SSSR count). The van der Waals surface area contributed by atoms with E-state index in [0.717, 1.165) is 0 Å². The van der Waals surface area contributed by atoms with Gasteiger partial charge in [0.2, 0.25) is 0 Å². The molecular weight excluding hydrogens is 216 g/mol. The number of hydrogen-bond acceptors (Lipinski definition) is 3. The Kier molecular flexibility index (Phi) is 2.90. The van der Waals surface area contributed by atoms with Crippen LogP contribution >= 0.6 is 0 Å². The van der Waals surface area contributed by atoms with E-state index in [1.54, 1.807) is 6.92 Å². The van der Waals surface area contributed by atoms with E-state index in [1.165, 1.54) is 0 Å². The Morgan fingerprint density at radius 3 is 3.00 bits per heavy atom. The Morgan fingerprint density at radius 2 is 2.31 bits per heavy atom. The van der Waals surface area contributed by atoms with Crippen molar-refractivity contribution in [3.63, 3.8) is 0 Å². The first-order chi connectivity index (χ1) is 7.54. The highest BCUT2D eigenvalue weighted by Crippen LogP contribution is 2.53. The topological polar surface area (TPSA) is 38.3 Å². The number of ether oxygens (including phenoxy) is 1. The lowest BCUT2D eigenvalue weighted by Crippen LogP contribution is -2.65. The van der Waals surface area contributed by atoms with E-state index < -0.39 is 23.2 Å². The number of esters is 1. The molecule has 0 radical (unpaired) electrons. The molecule has 0 spiro atoms. The summed E-state index contributed by atoms with van der Waals surface area (Å²) < 4.78 is 33.2. The molecule has 16 heavy (non-hydrogen) atoms. The molecule has 3 nitrogen and oxygen atoms in total. The average Bonchev–Trinajstić information content (AvgIpc) is 2.16. The molecule has 0 aromatic carbocycles. The van der Waals surface area contributed by atoms with Gasteiger partial charge in [0.05, 0.1) is 6.61 Å². The van der Waals surface area contributed by atoms with Crippen molar-refractivity contribution < 1.29 is 18.3 Å². The van der Waals surface area contributed by atoms with Crippen LogP contribution in [0.4, 0.5) is 8.78 Å². The molecule has 2 fully saturated rings. The van der Waals surface area contributed by atoms with Crippen molar-refractivity contribution in [3.05, 3.63) is 0 Å². The third-order valence-electron chi connectivity index (χ3n) is 3.79. The lowest BCUT2D eigenvalue weighted by molar-refractivity contribution is -0.220. The fourth-order valence-electron chi connectivity index (χ4n) is 2.86. The first-order valence-electron chi connectivity index (χ1n) is 5.80. The molecule has 2 atom stereocenters. The molecule has 1 heterocycles. The number of alkyl halides is 2. The zero-order valence-corrected chi connectivity index (χ0v) is 9.39. The number of fused-ring (bicyclic) bond motifs is 2. The van der Waals surface area contributed by atoms with Crippen molar-refractivity contribution >= 4 is 5.97 Å². The number of nitrogens with one attached hydrogen (secondary N) is 1. The van der Waals surface area contributed by atoms with Gasteiger partial charge in [-0.15, -0.1) is 0 Å². The minimum atomic E-state index is -2.93. The zero-order valence-electron chi connectivity index (χ0n) is 9.39. The van der Waals surface area contributed by atoms with Gasteiger partial charge in [-0.25, -0.2) is 8.78 Å². The second-order valence-corrected chi connectivity index (χ2v) is 4.65. The van der Waals surface area contributed by atoms with Crippen molar-refractivity contribution in [3.8, 4) is 0 Å². The molecule has 0 aromatic heterocycles. The minimum Gasteiger partial charge on any atom is -0.465 e. The zero-order chi connectivity index (χ0) is 11.8. The first kappa shape index (κ1) is 11.8. The van der Waals surface area contributed by atoms with Gasteiger partial charge in [0, 0.05) is 19.0 Å². The lowest BCUT2D eigenvalue weighted by Gasteiger charge is -2.49. The molecule has 1 saturated heterocycles. The van der Waals surface area contributed by atoms with Gasteiger partial charge in [-0.05, 0) is 19.8 Å². The lowest BCUT2D eigenvalue weighted by atomic mass is 9.64. The van der Waals surface area contributed by atoms with Crippen LogP contribution in [0, 0.1) is 11.3 Å². The number of rotatable bonds is 2. The predicted octanol–water partition coefficient (Wildman–Crippen LogP) is 1.57. The van der Waals surface area contributed by atoms with Gasteiger partial charge < -0.3 is 10.1 Å². The number of hydrogen-bond donors (Lipinski definition) is 1. The second kappa shape index (κ2) is 3.95. The molecule has 92 valence electrons. The van der Waals surface area contributed by atoms with E-state index >= 15 is 0 Å². The molecule has 2 unspecified atom stereocenters. The molecule has 1 saturated carbocycles. The summed E-state index contributed by atoms with van der Waals surface area (Å²) in [6.45, 7) is 2.13. The van der Waals surface area contributed by atoms with Crippen molar-refractivity contribution in [2.75, 3.05) is 19.7 Å². The van der Waals surface area contributed by atoms with Crippen LogP contribution in [-0.2, 0) is 9.53 Å². The number of carbonyl (C=O) groups is 1. The predicted molar refractivity (Wildman–Crippen MR) is 54.2 cm³/mol. The van der Waals surface area contributed by atoms with E-state index in [1.807, 2.05) is 0 Å². The fourth-order valence-corrected chi connectivity index (χ4v) is 2.86. The second-order valence-electron chi connectivity index (χ2n) is 4.65. The molecule has 0 amide bonds. The minimum absolute atomic E-state index is 0.0370. The van der Waals surface area contributed by atoms with Crippen LogP contribution in [0.2, 0.25) is 0 Å². The quantitative estimate of drug-likeness (QED) is 0.736. The summed E-state index contributed by atoms with van der Waals surface area (Å²) in [6.07, 6.45) is 1.39. The van der Waals surface area contributed by atoms with Crippen LogP contribution in [0.3, 0.4) is 0 Å². The van der Waals surface area contributed by atoms with Gasteiger partial charge in [0.1, 0.15) is 5.41 Å². The van der Waals surface area contributed by atoms with Crippen LogP contribution in [0.1, 0.15) is 26.2 Å². The van der Waals surface area contributed by atoms with Crippen LogP contribution in [-0.4, -0.2) is 31.6 Å². The van der Waals surface area contributed by atoms with E-state index in [9.17, 15) is 13.6 Å². The molecule has 1 N–H and O–H groups in total. The Balaban J connectivity index is 2.31. The monoisotopic (exact) mass is 233 g/mol. The van der Waals surface area contributed by atoms with Gasteiger partial charge in [-0.2, -0.15) is 0 Å². The Morgan fingerprint density at radius 1 is 1.56 bits per heavy atom.